The van der Waals surface area contributed by atoms with E-state index in [2.05, 4.69) is 0 Å². The van der Waals surface area contributed by atoms with Gasteiger partial charge in [0.25, 0.3) is 0 Å². The second kappa shape index (κ2) is 6.82. The Balaban J connectivity index is 1.68. The highest BCUT2D eigenvalue weighted by Gasteiger charge is 2.26. The molecule has 1 saturated carbocycles. The number of hydrogen-bond donors (Lipinski definition) is 1. The number of benzene rings is 2. The van der Waals surface area contributed by atoms with Crippen molar-refractivity contribution in [3.8, 4) is 0 Å². The van der Waals surface area contributed by atoms with E-state index in [0.717, 1.165) is 17.7 Å². The molecule has 1 fully saturated rings. The molecule has 120 valence electrons. The van der Waals surface area contributed by atoms with Crippen molar-refractivity contribution in [2.24, 2.45) is 5.92 Å². The summed E-state index contributed by atoms with van der Waals surface area (Å²) >= 11 is 0. The Hall–Kier alpha value is -2.36. The summed E-state index contributed by atoms with van der Waals surface area (Å²) in [6.07, 6.45) is 2.75. The molecule has 0 atom stereocenters. The first-order valence-electron chi connectivity index (χ1n) is 7.97. The number of anilines is 1. The van der Waals surface area contributed by atoms with Crippen molar-refractivity contribution in [3.05, 3.63) is 65.5 Å². The molecule has 0 heterocycles. The maximum Gasteiger partial charge on any atom is 0.227 e. The van der Waals surface area contributed by atoms with Crippen molar-refractivity contribution in [1.29, 1.82) is 0 Å². The van der Waals surface area contributed by atoms with Gasteiger partial charge in [0.1, 0.15) is 5.82 Å². The van der Waals surface area contributed by atoms with Crippen LogP contribution in [-0.4, -0.2) is 17.4 Å². The van der Waals surface area contributed by atoms with Gasteiger partial charge in [-0.25, -0.2) is 4.39 Å². The number of halogens is 1. The predicted octanol–water partition coefficient (Wildman–Crippen LogP) is 3.39. The van der Waals surface area contributed by atoms with Gasteiger partial charge in [-0.1, -0.05) is 24.3 Å². The number of carbonyl (C=O) groups excluding carboxylic acids is 1. The molecule has 3 rings (SSSR count). The lowest BCUT2D eigenvalue weighted by molar-refractivity contribution is -0.131. The Morgan fingerprint density at radius 3 is 2.26 bits per heavy atom. The fourth-order valence-corrected chi connectivity index (χ4v) is 2.60. The third-order valence-corrected chi connectivity index (χ3v) is 4.15. The minimum absolute atomic E-state index is 0.103. The number of nitrogens with zero attached hydrogens (tertiary/aromatic N) is 1. The first kappa shape index (κ1) is 15.5. The predicted molar refractivity (Wildman–Crippen MR) is 89.1 cm³/mol. The Kier molecular flexibility index (Phi) is 4.60. The molecule has 2 aromatic rings. The van der Waals surface area contributed by atoms with Crippen LogP contribution in [0.1, 0.15) is 24.0 Å². The summed E-state index contributed by atoms with van der Waals surface area (Å²) in [5.41, 5.74) is 8.29. The Morgan fingerprint density at radius 2 is 1.65 bits per heavy atom. The zero-order chi connectivity index (χ0) is 16.2. The lowest BCUT2D eigenvalue weighted by Crippen LogP contribution is -2.33. The average Bonchev–Trinajstić information content (AvgIpc) is 3.35. The van der Waals surface area contributed by atoms with Gasteiger partial charge in [-0.2, -0.15) is 0 Å². The standard InChI is InChI=1S/C19H21FN2O/c20-17-7-3-16(4-8-17)13-22(12-15-1-2-15)19(23)11-14-5-9-18(21)10-6-14/h3-10,15H,1-2,11-13,21H2. The summed E-state index contributed by atoms with van der Waals surface area (Å²) in [6, 6.07) is 13.8. The maximum atomic E-state index is 13.0. The molecular formula is C19H21FN2O. The SMILES string of the molecule is Nc1ccc(CC(=O)N(Cc2ccc(F)cc2)CC2CC2)cc1. The number of hydrogen-bond acceptors (Lipinski definition) is 2. The highest BCUT2D eigenvalue weighted by Crippen LogP contribution is 2.30. The zero-order valence-corrected chi connectivity index (χ0v) is 13.0. The molecule has 0 spiro atoms. The van der Waals surface area contributed by atoms with Crippen molar-refractivity contribution >= 4 is 11.6 Å². The smallest absolute Gasteiger partial charge is 0.227 e. The molecule has 23 heavy (non-hydrogen) atoms. The molecule has 0 radical (unpaired) electrons. The van der Waals surface area contributed by atoms with E-state index in [1.54, 1.807) is 12.1 Å². The van der Waals surface area contributed by atoms with E-state index in [1.807, 2.05) is 29.2 Å². The summed E-state index contributed by atoms with van der Waals surface area (Å²) in [5.74, 6) is 0.465. The summed E-state index contributed by atoms with van der Waals surface area (Å²) in [6.45, 7) is 1.32. The first-order valence-corrected chi connectivity index (χ1v) is 7.97. The van der Waals surface area contributed by atoms with Crippen LogP contribution in [0.2, 0.25) is 0 Å². The third-order valence-electron chi connectivity index (χ3n) is 4.15. The molecule has 0 bridgehead atoms. The molecule has 0 aromatic heterocycles. The van der Waals surface area contributed by atoms with Crippen molar-refractivity contribution in [3.63, 3.8) is 0 Å². The lowest BCUT2D eigenvalue weighted by atomic mass is 10.1. The summed E-state index contributed by atoms with van der Waals surface area (Å²) in [4.78, 5) is 14.5. The number of rotatable bonds is 6. The van der Waals surface area contributed by atoms with Gasteiger partial charge in [0.2, 0.25) is 5.91 Å². The Morgan fingerprint density at radius 1 is 1.04 bits per heavy atom. The van der Waals surface area contributed by atoms with Gasteiger partial charge >= 0.3 is 0 Å². The fourth-order valence-electron chi connectivity index (χ4n) is 2.60. The van der Waals surface area contributed by atoms with E-state index < -0.39 is 0 Å². The van der Waals surface area contributed by atoms with Gasteiger partial charge in [0.05, 0.1) is 6.42 Å². The monoisotopic (exact) mass is 312 g/mol. The molecule has 1 aliphatic carbocycles. The molecule has 2 N–H and O–H groups in total. The summed E-state index contributed by atoms with van der Waals surface area (Å²) in [7, 11) is 0. The Bertz CT molecular complexity index is 663. The normalized spacial score (nSPS) is 13.8. The summed E-state index contributed by atoms with van der Waals surface area (Å²) in [5, 5.41) is 0. The largest absolute Gasteiger partial charge is 0.399 e. The van der Waals surface area contributed by atoms with Crippen LogP contribution in [0.4, 0.5) is 10.1 Å². The topological polar surface area (TPSA) is 46.3 Å². The van der Waals surface area contributed by atoms with Gasteiger partial charge in [-0.3, -0.25) is 4.79 Å². The van der Waals surface area contributed by atoms with Crippen LogP contribution < -0.4 is 5.73 Å². The van der Waals surface area contributed by atoms with E-state index in [4.69, 9.17) is 5.73 Å². The highest BCUT2D eigenvalue weighted by molar-refractivity contribution is 5.79. The van der Waals surface area contributed by atoms with E-state index in [9.17, 15) is 9.18 Å². The van der Waals surface area contributed by atoms with Crippen LogP contribution >= 0.6 is 0 Å². The summed E-state index contributed by atoms with van der Waals surface area (Å²) < 4.78 is 13.0. The number of amides is 1. The van der Waals surface area contributed by atoms with E-state index in [0.29, 0.717) is 24.6 Å². The minimum Gasteiger partial charge on any atom is -0.399 e. The second-order valence-electron chi connectivity index (χ2n) is 6.26. The van der Waals surface area contributed by atoms with Crippen LogP contribution in [-0.2, 0) is 17.8 Å². The molecule has 1 aliphatic rings. The van der Waals surface area contributed by atoms with Crippen LogP contribution in [0.15, 0.2) is 48.5 Å². The molecule has 0 unspecified atom stereocenters. The average molecular weight is 312 g/mol. The quantitative estimate of drug-likeness (QED) is 0.831. The van der Waals surface area contributed by atoms with Gasteiger partial charge in [-0.05, 0) is 54.2 Å². The van der Waals surface area contributed by atoms with Crippen molar-refractivity contribution < 1.29 is 9.18 Å². The number of nitrogens with two attached hydrogens (primary N) is 1. The van der Waals surface area contributed by atoms with Gasteiger partial charge in [0.15, 0.2) is 0 Å². The fraction of sp³-hybridized carbons (Fsp3) is 0.316. The molecule has 1 amide bonds. The molecule has 0 saturated heterocycles. The number of carbonyl (C=O) groups is 1. The van der Waals surface area contributed by atoms with Crippen molar-refractivity contribution in [2.75, 3.05) is 12.3 Å². The second-order valence-corrected chi connectivity index (χ2v) is 6.26. The van der Waals surface area contributed by atoms with E-state index >= 15 is 0 Å². The lowest BCUT2D eigenvalue weighted by Gasteiger charge is -2.23. The number of nitrogen functional groups attached to an aromatic ring is 1. The van der Waals surface area contributed by atoms with Gasteiger partial charge in [0, 0.05) is 18.8 Å². The van der Waals surface area contributed by atoms with Crippen molar-refractivity contribution in [2.45, 2.75) is 25.8 Å². The molecule has 0 aliphatic heterocycles. The molecule has 4 heteroatoms. The Labute approximate surface area is 135 Å². The highest BCUT2D eigenvalue weighted by atomic mass is 19.1. The minimum atomic E-state index is -0.254. The maximum absolute atomic E-state index is 13.0. The first-order chi connectivity index (χ1) is 11.1. The van der Waals surface area contributed by atoms with Crippen molar-refractivity contribution in [1.82, 2.24) is 4.90 Å². The third kappa shape index (κ3) is 4.55. The zero-order valence-electron chi connectivity index (χ0n) is 13.0. The van der Waals surface area contributed by atoms with Crippen LogP contribution in [0.25, 0.3) is 0 Å². The van der Waals surface area contributed by atoms with Gasteiger partial charge in [-0.15, -0.1) is 0 Å². The van der Waals surface area contributed by atoms with Crippen LogP contribution in [0.3, 0.4) is 0 Å². The van der Waals surface area contributed by atoms with Crippen LogP contribution in [0.5, 0.6) is 0 Å². The molecule has 2 aromatic carbocycles. The molecular weight excluding hydrogens is 291 g/mol. The molecule has 3 nitrogen and oxygen atoms in total. The van der Waals surface area contributed by atoms with Gasteiger partial charge < -0.3 is 10.6 Å². The van der Waals surface area contributed by atoms with E-state index in [-0.39, 0.29) is 11.7 Å². The van der Waals surface area contributed by atoms with Crippen LogP contribution in [0, 0.1) is 11.7 Å². The van der Waals surface area contributed by atoms with E-state index in [1.165, 1.54) is 25.0 Å².